The molecule has 0 atom stereocenters. The van der Waals surface area contributed by atoms with Crippen molar-refractivity contribution in [2.75, 3.05) is 13.7 Å². The molecule has 0 radical (unpaired) electrons. The minimum atomic E-state index is -0.358. The molecule has 0 saturated heterocycles. The van der Waals surface area contributed by atoms with Crippen molar-refractivity contribution in [1.29, 1.82) is 0 Å². The topological polar surface area (TPSA) is 52.6 Å². The zero-order valence-corrected chi connectivity index (χ0v) is 11.5. The fourth-order valence-corrected chi connectivity index (χ4v) is 1.65. The third kappa shape index (κ3) is 5.55. The van der Waals surface area contributed by atoms with Gasteiger partial charge in [0.25, 0.3) is 0 Å². The number of carbonyl (C=O) groups excluding carboxylic acids is 2. The summed E-state index contributed by atoms with van der Waals surface area (Å²) in [6.45, 7) is 2.66. The largest absolute Gasteiger partial charge is 0.493 e. The molecule has 0 heterocycles. The summed E-state index contributed by atoms with van der Waals surface area (Å²) < 4.78 is 10.1. The van der Waals surface area contributed by atoms with Crippen LogP contribution in [0.25, 0.3) is 0 Å². The summed E-state index contributed by atoms with van der Waals surface area (Å²) in [6.07, 6.45) is 1.55. The van der Waals surface area contributed by atoms with E-state index in [0.717, 1.165) is 17.7 Å². The molecule has 0 bridgehead atoms. The molecule has 0 amide bonds. The van der Waals surface area contributed by atoms with Crippen LogP contribution in [-0.4, -0.2) is 25.5 Å². The summed E-state index contributed by atoms with van der Waals surface area (Å²) in [5, 5.41) is 0. The number of methoxy groups -OCH3 is 1. The highest BCUT2D eigenvalue weighted by molar-refractivity contribution is 5.85. The number of hydrogen-bond donors (Lipinski definition) is 0. The Bertz CT molecular complexity index is 426. The number of carbonyl (C=O) groups is 2. The smallest absolute Gasteiger partial charge is 0.305 e. The monoisotopic (exact) mass is 264 g/mol. The zero-order valence-electron chi connectivity index (χ0n) is 11.5. The first-order chi connectivity index (χ1) is 9.17. The molecular weight excluding hydrogens is 244 g/mol. The van der Waals surface area contributed by atoms with Crippen molar-refractivity contribution in [3.05, 3.63) is 29.8 Å². The van der Waals surface area contributed by atoms with Gasteiger partial charge in [0.1, 0.15) is 11.5 Å². The van der Waals surface area contributed by atoms with E-state index < -0.39 is 0 Å². The minimum absolute atomic E-state index is 0.0120. The van der Waals surface area contributed by atoms with E-state index in [-0.39, 0.29) is 31.0 Å². The maximum atomic E-state index is 11.8. The maximum absolute atomic E-state index is 11.8. The SMILES string of the molecule is CCCOc1ccccc1CC(=O)CCC(=O)OC. The van der Waals surface area contributed by atoms with Crippen LogP contribution < -0.4 is 4.74 Å². The van der Waals surface area contributed by atoms with Crippen molar-refractivity contribution in [3.8, 4) is 5.75 Å². The Morgan fingerprint density at radius 1 is 1.16 bits per heavy atom. The predicted octanol–water partition coefficient (Wildman–Crippen LogP) is 2.54. The van der Waals surface area contributed by atoms with Gasteiger partial charge in [-0.2, -0.15) is 0 Å². The molecule has 0 spiro atoms. The van der Waals surface area contributed by atoms with Crippen molar-refractivity contribution in [1.82, 2.24) is 0 Å². The van der Waals surface area contributed by atoms with Gasteiger partial charge < -0.3 is 9.47 Å². The second-order valence-corrected chi connectivity index (χ2v) is 4.25. The van der Waals surface area contributed by atoms with Crippen LogP contribution in [0.15, 0.2) is 24.3 Å². The summed E-state index contributed by atoms with van der Waals surface area (Å²) in [7, 11) is 1.32. The van der Waals surface area contributed by atoms with Crippen LogP contribution in [-0.2, 0) is 20.7 Å². The van der Waals surface area contributed by atoms with Crippen LogP contribution in [0, 0.1) is 0 Å². The van der Waals surface area contributed by atoms with Crippen molar-refractivity contribution in [2.45, 2.75) is 32.6 Å². The second kappa shape index (κ2) is 8.29. The number of para-hydroxylation sites is 1. The zero-order chi connectivity index (χ0) is 14.1. The van der Waals surface area contributed by atoms with Gasteiger partial charge in [0, 0.05) is 18.4 Å². The van der Waals surface area contributed by atoms with Crippen molar-refractivity contribution in [3.63, 3.8) is 0 Å². The Labute approximate surface area is 113 Å². The number of ether oxygens (including phenoxy) is 2. The number of ketones is 1. The fourth-order valence-electron chi connectivity index (χ4n) is 1.65. The molecule has 4 heteroatoms. The molecule has 0 aliphatic rings. The van der Waals surface area contributed by atoms with Gasteiger partial charge >= 0.3 is 5.97 Å². The lowest BCUT2D eigenvalue weighted by Gasteiger charge is -2.10. The van der Waals surface area contributed by atoms with Crippen LogP contribution in [0.1, 0.15) is 31.7 Å². The highest BCUT2D eigenvalue weighted by atomic mass is 16.5. The van der Waals surface area contributed by atoms with E-state index in [2.05, 4.69) is 4.74 Å². The summed E-state index contributed by atoms with van der Waals surface area (Å²) in [5.41, 5.74) is 0.866. The van der Waals surface area contributed by atoms with Gasteiger partial charge in [-0.1, -0.05) is 25.1 Å². The standard InChI is InChI=1S/C15H20O4/c1-3-10-19-14-7-5-4-6-12(14)11-13(16)8-9-15(17)18-2/h4-7H,3,8-11H2,1-2H3. The van der Waals surface area contributed by atoms with Gasteiger partial charge in [-0.15, -0.1) is 0 Å². The van der Waals surface area contributed by atoms with E-state index in [1.807, 2.05) is 31.2 Å². The number of hydrogen-bond acceptors (Lipinski definition) is 4. The van der Waals surface area contributed by atoms with Gasteiger partial charge in [-0.05, 0) is 12.5 Å². The molecule has 1 aromatic rings. The van der Waals surface area contributed by atoms with Crippen LogP contribution in [0.4, 0.5) is 0 Å². The lowest BCUT2D eigenvalue weighted by molar-refractivity contribution is -0.141. The van der Waals surface area contributed by atoms with Crippen molar-refractivity contribution < 1.29 is 19.1 Å². The van der Waals surface area contributed by atoms with E-state index in [0.29, 0.717) is 6.61 Å². The van der Waals surface area contributed by atoms with E-state index >= 15 is 0 Å². The highest BCUT2D eigenvalue weighted by Crippen LogP contribution is 2.19. The van der Waals surface area contributed by atoms with Gasteiger partial charge in [0.2, 0.25) is 0 Å². The lowest BCUT2D eigenvalue weighted by Crippen LogP contribution is -2.09. The molecule has 1 rings (SSSR count). The molecule has 0 unspecified atom stereocenters. The first kappa shape index (κ1) is 15.2. The third-order valence-corrected chi connectivity index (χ3v) is 2.66. The maximum Gasteiger partial charge on any atom is 0.305 e. The molecule has 0 N–H and O–H groups in total. The molecular formula is C15H20O4. The minimum Gasteiger partial charge on any atom is -0.493 e. The number of esters is 1. The van der Waals surface area contributed by atoms with Gasteiger partial charge in [0.15, 0.2) is 0 Å². The summed E-state index contributed by atoms with van der Waals surface area (Å²) in [5.74, 6) is 0.401. The van der Waals surface area contributed by atoms with Crippen molar-refractivity contribution >= 4 is 11.8 Å². The highest BCUT2D eigenvalue weighted by Gasteiger charge is 2.11. The molecule has 4 nitrogen and oxygen atoms in total. The Hall–Kier alpha value is -1.84. The molecule has 0 fully saturated rings. The van der Waals surface area contributed by atoms with E-state index in [1.54, 1.807) is 0 Å². The van der Waals surface area contributed by atoms with E-state index in [9.17, 15) is 9.59 Å². The Kier molecular flexibility index (Phi) is 6.64. The summed E-state index contributed by atoms with van der Waals surface area (Å²) in [6, 6.07) is 7.49. The number of rotatable bonds is 8. The third-order valence-electron chi connectivity index (χ3n) is 2.66. The molecule has 19 heavy (non-hydrogen) atoms. The first-order valence-corrected chi connectivity index (χ1v) is 6.46. The molecule has 0 saturated carbocycles. The summed E-state index contributed by atoms with van der Waals surface area (Å²) in [4.78, 5) is 22.8. The van der Waals surface area contributed by atoms with Crippen LogP contribution in [0.5, 0.6) is 5.75 Å². The molecule has 0 aromatic heterocycles. The normalized spacial score (nSPS) is 10.0. The van der Waals surface area contributed by atoms with Crippen molar-refractivity contribution in [2.24, 2.45) is 0 Å². The molecule has 0 aliphatic heterocycles. The van der Waals surface area contributed by atoms with Gasteiger partial charge in [-0.25, -0.2) is 0 Å². The fraction of sp³-hybridized carbons (Fsp3) is 0.467. The van der Waals surface area contributed by atoms with Gasteiger partial charge in [-0.3, -0.25) is 9.59 Å². The van der Waals surface area contributed by atoms with E-state index in [4.69, 9.17) is 4.74 Å². The van der Waals surface area contributed by atoms with Crippen LogP contribution in [0.3, 0.4) is 0 Å². The lowest BCUT2D eigenvalue weighted by atomic mass is 10.0. The molecule has 0 aliphatic carbocycles. The van der Waals surface area contributed by atoms with Gasteiger partial charge in [0.05, 0.1) is 20.1 Å². The summed E-state index contributed by atoms with van der Waals surface area (Å²) >= 11 is 0. The predicted molar refractivity (Wildman–Crippen MR) is 72.2 cm³/mol. The Balaban J connectivity index is 2.55. The molecule has 104 valence electrons. The number of benzene rings is 1. The van der Waals surface area contributed by atoms with Crippen LogP contribution >= 0.6 is 0 Å². The average molecular weight is 264 g/mol. The van der Waals surface area contributed by atoms with E-state index in [1.165, 1.54) is 7.11 Å². The van der Waals surface area contributed by atoms with Crippen LogP contribution in [0.2, 0.25) is 0 Å². The molecule has 1 aromatic carbocycles. The number of Topliss-reactive ketones (excluding diaryl/α,β-unsaturated/α-hetero) is 1. The quantitative estimate of drug-likeness (QED) is 0.677. The Morgan fingerprint density at radius 2 is 1.89 bits per heavy atom. The average Bonchev–Trinajstić information content (AvgIpc) is 2.43. The second-order valence-electron chi connectivity index (χ2n) is 4.25. The Morgan fingerprint density at radius 3 is 2.58 bits per heavy atom. The first-order valence-electron chi connectivity index (χ1n) is 6.46.